The Bertz CT molecular complexity index is 866. The molecule has 0 radical (unpaired) electrons. The summed E-state index contributed by atoms with van der Waals surface area (Å²) in [6.07, 6.45) is 1.81. The minimum atomic E-state index is -0.0534. The Balaban J connectivity index is 1.67. The molecule has 0 aliphatic carbocycles. The van der Waals surface area contributed by atoms with E-state index in [-0.39, 0.29) is 11.0 Å². The number of para-hydroxylation sites is 1. The largest absolute Gasteiger partial charge is 0.376 e. The lowest BCUT2D eigenvalue weighted by atomic mass is 9.75. The molecule has 3 heterocycles. The Kier molecular flexibility index (Phi) is 4.35. The number of H-pyrrole nitrogens is 1. The number of nitrogens with one attached hydrogen (secondary N) is 1. The van der Waals surface area contributed by atoms with Crippen LogP contribution >= 0.6 is 0 Å². The fraction of sp³-hybridized carbons (Fsp3) is 0.524. The molecule has 0 spiro atoms. The molecule has 0 amide bonds. The lowest BCUT2D eigenvalue weighted by Gasteiger charge is -2.41. The Morgan fingerprint density at radius 3 is 2.92 bits per heavy atom. The van der Waals surface area contributed by atoms with Crippen molar-refractivity contribution >= 4 is 5.69 Å². The minimum absolute atomic E-state index is 0.0534. The van der Waals surface area contributed by atoms with E-state index >= 15 is 0 Å². The summed E-state index contributed by atoms with van der Waals surface area (Å²) in [5, 5.41) is 0. The van der Waals surface area contributed by atoms with Crippen LogP contribution in [-0.2, 0) is 30.7 Å². The average molecular weight is 353 g/mol. The van der Waals surface area contributed by atoms with Gasteiger partial charge in [-0.15, -0.1) is 0 Å². The van der Waals surface area contributed by atoms with Gasteiger partial charge in [0.05, 0.1) is 31.0 Å². The van der Waals surface area contributed by atoms with Gasteiger partial charge in [0.1, 0.15) is 5.82 Å². The van der Waals surface area contributed by atoms with Crippen molar-refractivity contribution in [1.82, 2.24) is 9.97 Å². The molecule has 2 aliphatic rings. The molecule has 4 rings (SSSR count). The predicted molar refractivity (Wildman–Crippen MR) is 102 cm³/mol. The number of hydrogen-bond donors (Lipinski definition) is 1. The van der Waals surface area contributed by atoms with Gasteiger partial charge in [0.15, 0.2) is 0 Å². The number of benzene rings is 1. The summed E-state index contributed by atoms with van der Waals surface area (Å²) >= 11 is 0. The Labute approximate surface area is 154 Å². The molecule has 0 saturated heterocycles. The van der Waals surface area contributed by atoms with Crippen LogP contribution in [0, 0.1) is 11.3 Å². The van der Waals surface area contributed by atoms with Crippen LogP contribution in [0.3, 0.4) is 0 Å². The van der Waals surface area contributed by atoms with Crippen LogP contribution in [0.5, 0.6) is 0 Å². The van der Waals surface area contributed by atoms with Crippen molar-refractivity contribution < 1.29 is 4.74 Å². The second-order valence-electron chi connectivity index (χ2n) is 8.52. The molecule has 5 heteroatoms. The van der Waals surface area contributed by atoms with Crippen LogP contribution in [0.25, 0.3) is 0 Å². The summed E-state index contributed by atoms with van der Waals surface area (Å²) in [7, 11) is 0. The molecule has 138 valence electrons. The Hall–Kier alpha value is -2.14. The normalized spacial score (nSPS) is 19.8. The van der Waals surface area contributed by atoms with E-state index in [2.05, 4.69) is 54.9 Å². The first-order chi connectivity index (χ1) is 12.4. The van der Waals surface area contributed by atoms with Crippen LogP contribution in [-0.4, -0.2) is 23.1 Å². The number of ether oxygens (including phenoxy) is 1. The van der Waals surface area contributed by atoms with Crippen molar-refractivity contribution in [3.8, 4) is 0 Å². The summed E-state index contributed by atoms with van der Waals surface area (Å²) in [6.45, 7) is 9.55. The van der Waals surface area contributed by atoms with Gasteiger partial charge in [-0.25, -0.2) is 4.98 Å². The topological polar surface area (TPSA) is 58.2 Å². The number of anilines is 1. The maximum Gasteiger partial charge on any atom is 0.256 e. The summed E-state index contributed by atoms with van der Waals surface area (Å²) in [5.74, 6) is 1.31. The highest BCUT2D eigenvalue weighted by Gasteiger charge is 2.32. The van der Waals surface area contributed by atoms with Crippen molar-refractivity contribution in [3.63, 3.8) is 0 Å². The smallest absolute Gasteiger partial charge is 0.256 e. The molecular formula is C21H27N3O2. The predicted octanol–water partition coefficient (Wildman–Crippen LogP) is 3.07. The third-order valence-electron chi connectivity index (χ3n) is 5.68. The SMILES string of the molecule is CC(C)(C)C1Cc2ccccc2N(Cc2nc3c(c(=O)[nH]2)COCC3)C1. The van der Waals surface area contributed by atoms with E-state index in [4.69, 9.17) is 9.72 Å². The van der Waals surface area contributed by atoms with Gasteiger partial charge in [-0.2, -0.15) is 0 Å². The van der Waals surface area contributed by atoms with Crippen LogP contribution < -0.4 is 10.5 Å². The summed E-state index contributed by atoms with van der Waals surface area (Å²) in [5.41, 5.74) is 4.41. The van der Waals surface area contributed by atoms with E-state index in [0.29, 0.717) is 37.7 Å². The van der Waals surface area contributed by atoms with Crippen molar-refractivity contribution in [2.75, 3.05) is 18.1 Å². The number of aromatic nitrogens is 2. The van der Waals surface area contributed by atoms with Gasteiger partial charge in [-0.05, 0) is 29.4 Å². The van der Waals surface area contributed by atoms with E-state index in [1.54, 1.807) is 0 Å². The lowest BCUT2D eigenvalue weighted by Crippen LogP contribution is -2.41. The van der Waals surface area contributed by atoms with Crippen molar-refractivity contribution in [2.24, 2.45) is 11.3 Å². The molecule has 1 N–H and O–H groups in total. The van der Waals surface area contributed by atoms with Gasteiger partial charge in [0.2, 0.25) is 0 Å². The maximum atomic E-state index is 12.4. The zero-order valence-electron chi connectivity index (χ0n) is 15.8. The van der Waals surface area contributed by atoms with Crippen molar-refractivity contribution in [2.45, 2.75) is 46.8 Å². The number of nitrogens with zero attached hydrogens (tertiary/aromatic N) is 2. The second-order valence-corrected chi connectivity index (χ2v) is 8.52. The zero-order chi connectivity index (χ0) is 18.3. The zero-order valence-corrected chi connectivity index (χ0v) is 15.8. The standard InChI is InChI=1S/C21H27N3O2/c1-21(2,3)15-10-14-6-4-5-7-18(14)24(11-15)12-19-22-17-8-9-26-13-16(17)20(25)23-19/h4-7,15H,8-13H2,1-3H3,(H,22,23,25). The highest BCUT2D eigenvalue weighted by molar-refractivity contribution is 5.56. The molecule has 0 fully saturated rings. The van der Waals surface area contributed by atoms with Crippen LogP contribution in [0.15, 0.2) is 29.1 Å². The highest BCUT2D eigenvalue weighted by atomic mass is 16.5. The first-order valence-corrected chi connectivity index (χ1v) is 9.43. The lowest BCUT2D eigenvalue weighted by molar-refractivity contribution is 0.108. The number of rotatable bonds is 2. The molecule has 2 aromatic rings. The van der Waals surface area contributed by atoms with Gasteiger partial charge in [-0.1, -0.05) is 39.0 Å². The van der Waals surface area contributed by atoms with E-state index in [1.165, 1.54) is 11.3 Å². The van der Waals surface area contributed by atoms with Crippen LogP contribution in [0.1, 0.15) is 43.4 Å². The molecule has 1 unspecified atom stereocenters. The van der Waals surface area contributed by atoms with Crippen molar-refractivity contribution in [1.29, 1.82) is 0 Å². The average Bonchev–Trinajstić information content (AvgIpc) is 2.61. The fourth-order valence-corrected chi connectivity index (χ4v) is 3.97. The Morgan fingerprint density at radius 1 is 1.31 bits per heavy atom. The first kappa shape index (κ1) is 17.3. The number of aromatic amines is 1. The van der Waals surface area contributed by atoms with E-state index in [1.807, 2.05) is 0 Å². The Morgan fingerprint density at radius 2 is 2.12 bits per heavy atom. The van der Waals surface area contributed by atoms with Gasteiger partial charge < -0.3 is 14.6 Å². The first-order valence-electron chi connectivity index (χ1n) is 9.43. The summed E-state index contributed by atoms with van der Waals surface area (Å²) < 4.78 is 5.39. The monoisotopic (exact) mass is 353 g/mol. The number of hydrogen-bond acceptors (Lipinski definition) is 4. The third-order valence-corrected chi connectivity index (χ3v) is 5.68. The van der Waals surface area contributed by atoms with Gasteiger partial charge in [0.25, 0.3) is 5.56 Å². The van der Waals surface area contributed by atoms with E-state index in [9.17, 15) is 4.79 Å². The molecule has 1 atom stereocenters. The minimum Gasteiger partial charge on any atom is -0.376 e. The highest BCUT2D eigenvalue weighted by Crippen LogP contribution is 2.38. The molecule has 0 bridgehead atoms. The van der Waals surface area contributed by atoms with E-state index in [0.717, 1.165) is 24.5 Å². The summed E-state index contributed by atoms with van der Waals surface area (Å²) in [4.78, 5) is 22.5. The molecule has 0 saturated carbocycles. The molecule has 5 nitrogen and oxygen atoms in total. The van der Waals surface area contributed by atoms with Crippen LogP contribution in [0.2, 0.25) is 0 Å². The third kappa shape index (κ3) is 3.28. The molecule has 2 aliphatic heterocycles. The quantitative estimate of drug-likeness (QED) is 0.901. The number of fused-ring (bicyclic) bond motifs is 2. The van der Waals surface area contributed by atoms with Crippen molar-refractivity contribution in [3.05, 3.63) is 57.3 Å². The van der Waals surface area contributed by atoms with Gasteiger partial charge >= 0.3 is 0 Å². The fourth-order valence-electron chi connectivity index (χ4n) is 3.97. The van der Waals surface area contributed by atoms with Gasteiger partial charge in [0, 0.05) is 18.7 Å². The second kappa shape index (κ2) is 6.54. The maximum absolute atomic E-state index is 12.4. The van der Waals surface area contributed by atoms with Crippen LogP contribution in [0.4, 0.5) is 5.69 Å². The summed E-state index contributed by atoms with van der Waals surface area (Å²) in [6, 6.07) is 8.60. The molecule has 1 aromatic carbocycles. The van der Waals surface area contributed by atoms with Gasteiger partial charge in [-0.3, -0.25) is 4.79 Å². The van der Waals surface area contributed by atoms with E-state index < -0.39 is 0 Å². The molecular weight excluding hydrogens is 326 g/mol. The molecule has 1 aromatic heterocycles. The molecule has 26 heavy (non-hydrogen) atoms.